The number of aryl methyl sites for hydroxylation is 1. The van der Waals surface area contributed by atoms with Crippen molar-refractivity contribution in [3.05, 3.63) is 17.7 Å². The van der Waals surface area contributed by atoms with E-state index in [1.807, 2.05) is 0 Å². The molecule has 0 aromatic carbocycles. The number of rotatable bonds is 4. The minimum Gasteiger partial charge on any atom is -0.361 e. The number of nitrogens with zero attached hydrogens (tertiary/aromatic N) is 3. The molecule has 9 heteroatoms. The minimum atomic E-state index is -0.311. The molecule has 2 aromatic heterocycles. The highest BCUT2D eigenvalue weighted by molar-refractivity contribution is 5.86. The molecule has 3 rings (SSSR count). The first-order valence-electron chi connectivity index (χ1n) is 6.92. The van der Waals surface area contributed by atoms with Gasteiger partial charge < -0.3 is 19.7 Å². The van der Waals surface area contributed by atoms with Gasteiger partial charge >= 0.3 is 0 Å². The molecule has 0 spiro atoms. The Bertz CT molecular complexity index is 692. The van der Waals surface area contributed by atoms with Gasteiger partial charge in [-0.3, -0.25) is 9.59 Å². The van der Waals surface area contributed by atoms with Crippen LogP contribution in [0.5, 0.6) is 0 Å². The van der Waals surface area contributed by atoms with Gasteiger partial charge in [0.05, 0.1) is 6.54 Å². The van der Waals surface area contributed by atoms with Gasteiger partial charge in [0.25, 0.3) is 0 Å². The second-order valence-electron chi connectivity index (χ2n) is 5.09. The van der Waals surface area contributed by atoms with E-state index >= 15 is 0 Å². The number of carbonyl (C=O) groups is 2. The zero-order chi connectivity index (χ0) is 15.5. The molecule has 1 atom stereocenters. The molecular formula is C13H15N5O4. The Morgan fingerprint density at radius 3 is 3.05 bits per heavy atom. The summed E-state index contributed by atoms with van der Waals surface area (Å²) in [6.45, 7) is 2.39. The van der Waals surface area contributed by atoms with Crippen LogP contribution in [-0.4, -0.2) is 33.7 Å². The Morgan fingerprint density at radius 2 is 2.32 bits per heavy atom. The van der Waals surface area contributed by atoms with Crippen molar-refractivity contribution < 1.29 is 18.6 Å². The van der Waals surface area contributed by atoms with Crippen molar-refractivity contribution in [2.75, 3.05) is 6.54 Å². The van der Waals surface area contributed by atoms with E-state index in [-0.39, 0.29) is 36.6 Å². The standard InChI is InChI=1S/C13H15N5O4/c1-7-4-9(17-21-7)12-16-11(22-18-12)6-15-13(20)8-2-3-14-10(19)5-8/h4,8H,2-3,5-6H2,1H3,(H,14,19)(H,15,20). The highest BCUT2D eigenvalue weighted by Gasteiger charge is 2.25. The van der Waals surface area contributed by atoms with Gasteiger partial charge in [-0.1, -0.05) is 10.3 Å². The number of hydrogen-bond acceptors (Lipinski definition) is 7. The molecule has 0 aliphatic carbocycles. The molecule has 2 N–H and O–H groups in total. The van der Waals surface area contributed by atoms with E-state index in [9.17, 15) is 9.59 Å². The average Bonchev–Trinajstić information content (AvgIpc) is 3.13. The third-order valence-electron chi connectivity index (χ3n) is 3.36. The molecule has 1 unspecified atom stereocenters. The van der Waals surface area contributed by atoms with Gasteiger partial charge in [0.1, 0.15) is 5.76 Å². The molecule has 2 amide bonds. The molecule has 2 aromatic rings. The molecule has 116 valence electrons. The molecule has 1 fully saturated rings. The van der Waals surface area contributed by atoms with Crippen LogP contribution in [-0.2, 0) is 16.1 Å². The predicted molar refractivity (Wildman–Crippen MR) is 72.1 cm³/mol. The van der Waals surface area contributed by atoms with Crippen LogP contribution >= 0.6 is 0 Å². The Hall–Kier alpha value is -2.71. The monoisotopic (exact) mass is 305 g/mol. The number of aromatic nitrogens is 3. The summed E-state index contributed by atoms with van der Waals surface area (Å²) in [6.07, 6.45) is 0.837. The van der Waals surface area contributed by atoms with E-state index < -0.39 is 0 Å². The fourth-order valence-electron chi connectivity index (χ4n) is 2.22. The van der Waals surface area contributed by atoms with Crippen molar-refractivity contribution >= 4 is 11.8 Å². The lowest BCUT2D eigenvalue weighted by atomic mass is 9.97. The Labute approximate surface area is 125 Å². The van der Waals surface area contributed by atoms with Gasteiger partial charge in [-0.05, 0) is 13.3 Å². The Kier molecular flexibility index (Phi) is 3.86. The van der Waals surface area contributed by atoms with E-state index in [0.717, 1.165) is 0 Å². The lowest BCUT2D eigenvalue weighted by Crippen LogP contribution is -2.40. The van der Waals surface area contributed by atoms with Crippen LogP contribution in [0.4, 0.5) is 0 Å². The van der Waals surface area contributed by atoms with Gasteiger partial charge in [0.15, 0.2) is 5.69 Å². The molecule has 0 saturated carbocycles. The van der Waals surface area contributed by atoms with Crippen LogP contribution in [0, 0.1) is 12.8 Å². The molecule has 0 bridgehead atoms. The first-order valence-corrected chi connectivity index (χ1v) is 6.92. The van der Waals surface area contributed by atoms with Crippen LogP contribution in [0.25, 0.3) is 11.5 Å². The van der Waals surface area contributed by atoms with Gasteiger partial charge in [-0.15, -0.1) is 0 Å². The van der Waals surface area contributed by atoms with E-state index in [1.165, 1.54) is 0 Å². The third kappa shape index (κ3) is 3.13. The number of piperidine rings is 1. The largest absolute Gasteiger partial charge is 0.361 e. The highest BCUT2D eigenvalue weighted by Crippen LogP contribution is 2.16. The molecule has 3 heterocycles. The summed E-state index contributed by atoms with van der Waals surface area (Å²) in [5.41, 5.74) is 0.475. The molecule has 9 nitrogen and oxygen atoms in total. The summed E-state index contributed by atoms with van der Waals surface area (Å²) >= 11 is 0. The third-order valence-corrected chi connectivity index (χ3v) is 3.36. The normalized spacial score (nSPS) is 18.0. The van der Waals surface area contributed by atoms with Crippen molar-refractivity contribution in [1.82, 2.24) is 25.9 Å². The second-order valence-corrected chi connectivity index (χ2v) is 5.09. The topological polar surface area (TPSA) is 123 Å². The number of amides is 2. The van der Waals surface area contributed by atoms with Crippen LogP contribution in [0.2, 0.25) is 0 Å². The number of hydrogen-bond donors (Lipinski definition) is 2. The lowest BCUT2D eigenvalue weighted by molar-refractivity contribution is -0.132. The quantitative estimate of drug-likeness (QED) is 0.825. The van der Waals surface area contributed by atoms with Crippen molar-refractivity contribution in [2.45, 2.75) is 26.3 Å². The van der Waals surface area contributed by atoms with Gasteiger partial charge in [0, 0.05) is 24.9 Å². The average molecular weight is 305 g/mol. The maximum atomic E-state index is 12.0. The SMILES string of the molecule is Cc1cc(-c2noc(CNC(=O)C3CCNC(=O)C3)n2)no1. The molecule has 0 radical (unpaired) electrons. The fraction of sp³-hybridized carbons (Fsp3) is 0.462. The molecule has 22 heavy (non-hydrogen) atoms. The summed E-state index contributed by atoms with van der Waals surface area (Å²) in [4.78, 5) is 27.4. The van der Waals surface area contributed by atoms with Gasteiger partial charge in [0.2, 0.25) is 23.5 Å². The zero-order valence-electron chi connectivity index (χ0n) is 12.0. The van der Waals surface area contributed by atoms with E-state index in [0.29, 0.717) is 30.2 Å². The maximum absolute atomic E-state index is 12.0. The van der Waals surface area contributed by atoms with Crippen LogP contribution in [0.3, 0.4) is 0 Å². The van der Waals surface area contributed by atoms with Crippen molar-refractivity contribution in [3.63, 3.8) is 0 Å². The molecule has 1 saturated heterocycles. The second kappa shape index (κ2) is 5.96. The predicted octanol–water partition coefficient (Wildman–Crippen LogP) is 0.175. The van der Waals surface area contributed by atoms with Crippen molar-refractivity contribution in [2.24, 2.45) is 5.92 Å². The van der Waals surface area contributed by atoms with Crippen LogP contribution < -0.4 is 10.6 Å². The Balaban J connectivity index is 1.56. The Morgan fingerprint density at radius 1 is 1.45 bits per heavy atom. The molecular weight excluding hydrogens is 290 g/mol. The van der Waals surface area contributed by atoms with Crippen molar-refractivity contribution in [3.8, 4) is 11.5 Å². The van der Waals surface area contributed by atoms with Crippen LogP contribution in [0.15, 0.2) is 15.1 Å². The smallest absolute Gasteiger partial charge is 0.246 e. The summed E-state index contributed by atoms with van der Waals surface area (Å²) < 4.78 is 9.99. The highest BCUT2D eigenvalue weighted by atomic mass is 16.5. The van der Waals surface area contributed by atoms with E-state index in [4.69, 9.17) is 9.05 Å². The van der Waals surface area contributed by atoms with Gasteiger partial charge in [-0.25, -0.2) is 0 Å². The van der Waals surface area contributed by atoms with E-state index in [2.05, 4.69) is 25.9 Å². The molecule has 1 aliphatic rings. The lowest BCUT2D eigenvalue weighted by Gasteiger charge is -2.20. The zero-order valence-corrected chi connectivity index (χ0v) is 12.0. The fourth-order valence-corrected chi connectivity index (χ4v) is 2.22. The van der Waals surface area contributed by atoms with Gasteiger partial charge in [-0.2, -0.15) is 4.98 Å². The van der Waals surface area contributed by atoms with Crippen molar-refractivity contribution in [1.29, 1.82) is 0 Å². The minimum absolute atomic E-state index is 0.104. The first kappa shape index (κ1) is 14.2. The number of nitrogens with one attached hydrogen (secondary N) is 2. The summed E-state index contributed by atoms with van der Waals surface area (Å²) in [5, 5.41) is 13.0. The summed E-state index contributed by atoms with van der Waals surface area (Å²) in [7, 11) is 0. The first-order chi connectivity index (χ1) is 10.6. The van der Waals surface area contributed by atoms with E-state index in [1.54, 1.807) is 13.0 Å². The number of carbonyl (C=O) groups excluding carboxylic acids is 2. The maximum Gasteiger partial charge on any atom is 0.246 e. The summed E-state index contributed by atoms with van der Waals surface area (Å²) in [6, 6.07) is 1.69. The summed E-state index contributed by atoms with van der Waals surface area (Å²) in [5.74, 6) is 0.613. The molecule has 1 aliphatic heterocycles. The van der Waals surface area contributed by atoms with Crippen LogP contribution in [0.1, 0.15) is 24.5 Å².